The highest BCUT2D eigenvalue weighted by Crippen LogP contribution is 2.23. The Morgan fingerprint density at radius 3 is 2.74 bits per heavy atom. The van der Waals surface area contributed by atoms with Gasteiger partial charge in [0.25, 0.3) is 11.5 Å². The molecule has 6 nitrogen and oxygen atoms in total. The fourth-order valence-electron chi connectivity index (χ4n) is 2.60. The predicted molar refractivity (Wildman–Crippen MR) is 91.8 cm³/mol. The second-order valence-electron chi connectivity index (χ2n) is 5.61. The Hall–Kier alpha value is -1.86. The molecule has 0 spiro atoms. The zero-order valence-electron chi connectivity index (χ0n) is 12.9. The molecular formula is C15H17ClN4O2S. The predicted octanol–water partition coefficient (Wildman–Crippen LogP) is 1.79. The molecule has 0 bridgehead atoms. The summed E-state index contributed by atoms with van der Waals surface area (Å²) in [4.78, 5) is 36.2. The molecule has 2 aromatic rings. The molecule has 0 saturated carbocycles. The zero-order chi connectivity index (χ0) is 16.6. The first kappa shape index (κ1) is 16.0. The maximum absolute atomic E-state index is 12.5. The number of hydrogen-bond donors (Lipinski definition) is 1. The van der Waals surface area contributed by atoms with Gasteiger partial charge in [0, 0.05) is 39.2 Å². The normalized spacial score (nSPS) is 14.3. The van der Waals surface area contributed by atoms with Gasteiger partial charge in [-0.3, -0.25) is 14.6 Å². The van der Waals surface area contributed by atoms with Crippen LogP contribution in [0.3, 0.4) is 0 Å². The molecule has 0 fully saturated rings. The average molecular weight is 353 g/mol. The van der Waals surface area contributed by atoms with E-state index in [2.05, 4.69) is 9.97 Å². The summed E-state index contributed by atoms with van der Waals surface area (Å²) < 4.78 is 0.597. The number of amides is 1. The molecule has 3 heterocycles. The average Bonchev–Trinajstić information content (AvgIpc) is 2.82. The lowest BCUT2D eigenvalue weighted by atomic mass is 10.1. The van der Waals surface area contributed by atoms with Gasteiger partial charge in [-0.25, -0.2) is 4.98 Å². The second kappa shape index (κ2) is 6.33. The molecule has 23 heavy (non-hydrogen) atoms. The molecule has 0 aliphatic carbocycles. The van der Waals surface area contributed by atoms with E-state index in [4.69, 9.17) is 11.6 Å². The smallest absolute Gasteiger partial charge is 0.263 e. The van der Waals surface area contributed by atoms with Crippen molar-refractivity contribution in [1.82, 2.24) is 14.9 Å². The van der Waals surface area contributed by atoms with Crippen LogP contribution < -0.4 is 10.5 Å². The van der Waals surface area contributed by atoms with Crippen molar-refractivity contribution < 1.29 is 4.79 Å². The molecule has 1 amide bonds. The summed E-state index contributed by atoms with van der Waals surface area (Å²) in [6, 6.07) is 3.46. The van der Waals surface area contributed by atoms with Crippen LogP contribution in [0.4, 0.5) is 5.95 Å². The van der Waals surface area contributed by atoms with Crippen molar-refractivity contribution in [2.45, 2.75) is 12.8 Å². The Morgan fingerprint density at radius 1 is 1.35 bits per heavy atom. The fourth-order valence-corrected chi connectivity index (χ4v) is 3.61. The van der Waals surface area contributed by atoms with Gasteiger partial charge in [-0.1, -0.05) is 11.6 Å². The van der Waals surface area contributed by atoms with Crippen molar-refractivity contribution in [1.29, 1.82) is 0 Å². The van der Waals surface area contributed by atoms with Crippen LogP contribution in [0.5, 0.6) is 0 Å². The van der Waals surface area contributed by atoms with Crippen LogP contribution >= 0.6 is 22.9 Å². The van der Waals surface area contributed by atoms with Crippen LogP contribution in [-0.2, 0) is 12.8 Å². The number of hydrogen-bond acceptors (Lipinski definition) is 5. The highest BCUT2D eigenvalue weighted by Gasteiger charge is 2.23. The Bertz CT molecular complexity index is 799. The first-order valence-corrected chi connectivity index (χ1v) is 8.49. The van der Waals surface area contributed by atoms with Gasteiger partial charge < -0.3 is 9.80 Å². The molecular weight excluding hydrogens is 336 g/mol. The van der Waals surface area contributed by atoms with E-state index in [1.807, 2.05) is 14.1 Å². The van der Waals surface area contributed by atoms with Crippen LogP contribution in [0.25, 0.3) is 0 Å². The maximum atomic E-state index is 12.5. The van der Waals surface area contributed by atoms with Crippen molar-refractivity contribution in [2.75, 3.05) is 32.1 Å². The third-order valence-corrected chi connectivity index (χ3v) is 5.05. The first-order chi connectivity index (χ1) is 11.0. The Kier molecular flexibility index (Phi) is 4.41. The van der Waals surface area contributed by atoms with Crippen molar-refractivity contribution in [3.05, 3.63) is 43.0 Å². The standard InChI is InChI=1S/C15H17ClN4O2S/c1-19(2)15-17-10-6-8-20(7-5-9(10)13(21)18-15)14(22)11-3-4-12(16)23-11/h3-4H,5-8H2,1-2H3,(H,17,18,21). The minimum Gasteiger partial charge on any atom is -0.348 e. The lowest BCUT2D eigenvalue weighted by Crippen LogP contribution is -2.32. The molecule has 1 aliphatic rings. The van der Waals surface area contributed by atoms with E-state index in [0.29, 0.717) is 46.7 Å². The molecule has 0 atom stereocenters. The summed E-state index contributed by atoms with van der Waals surface area (Å²) in [5.41, 5.74) is 1.33. The summed E-state index contributed by atoms with van der Waals surface area (Å²) in [5.74, 6) is 0.498. The van der Waals surface area contributed by atoms with Crippen molar-refractivity contribution in [3.8, 4) is 0 Å². The van der Waals surface area contributed by atoms with Crippen LogP contribution in [0, 0.1) is 0 Å². The number of rotatable bonds is 2. The number of fused-ring (bicyclic) bond motifs is 1. The molecule has 0 radical (unpaired) electrons. The minimum absolute atomic E-state index is 0.0426. The minimum atomic E-state index is -0.118. The van der Waals surface area contributed by atoms with Crippen LogP contribution in [0.15, 0.2) is 16.9 Å². The molecule has 2 aromatic heterocycles. The molecule has 0 unspecified atom stereocenters. The van der Waals surface area contributed by atoms with Gasteiger partial charge in [-0.05, 0) is 18.6 Å². The Labute approximate surface area is 142 Å². The van der Waals surface area contributed by atoms with E-state index >= 15 is 0 Å². The number of aromatic amines is 1. The molecule has 3 rings (SSSR count). The summed E-state index contributed by atoms with van der Waals surface area (Å²) >= 11 is 7.18. The molecule has 1 N–H and O–H groups in total. The third-order valence-electron chi connectivity index (χ3n) is 3.83. The number of nitrogens with zero attached hydrogens (tertiary/aromatic N) is 3. The van der Waals surface area contributed by atoms with Crippen molar-refractivity contribution >= 4 is 34.8 Å². The third kappa shape index (κ3) is 3.25. The lowest BCUT2D eigenvalue weighted by Gasteiger charge is -2.19. The quantitative estimate of drug-likeness (QED) is 0.894. The SMILES string of the molecule is CN(C)c1nc2c(c(=O)[nH]1)CCN(C(=O)c1ccc(Cl)s1)CC2. The summed E-state index contributed by atoms with van der Waals surface area (Å²) in [6.07, 6.45) is 1.08. The van der Waals surface area contributed by atoms with Crippen molar-refractivity contribution in [2.24, 2.45) is 0 Å². The van der Waals surface area contributed by atoms with Crippen molar-refractivity contribution in [3.63, 3.8) is 0 Å². The molecule has 8 heteroatoms. The van der Waals surface area contributed by atoms with E-state index < -0.39 is 0 Å². The lowest BCUT2D eigenvalue weighted by molar-refractivity contribution is 0.0767. The number of nitrogens with one attached hydrogen (secondary N) is 1. The first-order valence-electron chi connectivity index (χ1n) is 7.29. The summed E-state index contributed by atoms with van der Waals surface area (Å²) in [7, 11) is 3.66. The van der Waals surface area contributed by atoms with Gasteiger partial charge in [0.1, 0.15) is 0 Å². The van der Waals surface area contributed by atoms with Gasteiger partial charge in [0.2, 0.25) is 5.95 Å². The molecule has 1 aliphatic heterocycles. The van der Waals surface area contributed by atoms with E-state index in [1.165, 1.54) is 11.3 Å². The van der Waals surface area contributed by atoms with E-state index in [0.717, 1.165) is 5.69 Å². The monoisotopic (exact) mass is 352 g/mol. The number of anilines is 1. The van der Waals surface area contributed by atoms with E-state index in [9.17, 15) is 9.59 Å². The van der Waals surface area contributed by atoms with Gasteiger partial charge in [-0.15, -0.1) is 11.3 Å². The van der Waals surface area contributed by atoms with E-state index in [1.54, 1.807) is 21.9 Å². The number of carbonyl (C=O) groups excluding carboxylic acids is 1. The van der Waals surface area contributed by atoms with Gasteiger partial charge in [0.15, 0.2) is 0 Å². The van der Waals surface area contributed by atoms with Gasteiger partial charge in [-0.2, -0.15) is 0 Å². The largest absolute Gasteiger partial charge is 0.348 e. The highest BCUT2D eigenvalue weighted by atomic mass is 35.5. The summed E-state index contributed by atoms with van der Waals surface area (Å²) in [6.45, 7) is 1.05. The summed E-state index contributed by atoms with van der Waals surface area (Å²) in [5, 5.41) is 0. The number of aromatic nitrogens is 2. The molecule has 0 saturated heterocycles. The molecule has 122 valence electrons. The van der Waals surface area contributed by atoms with Crippen LogP contribution in [-0.4, -0.2) is 48.0 Å². The maximum Gasteiger partial charge on any atom is 0.263 e. The van der Waals surface area contributed by atoms with E-state index in [-0.39, 0.29) is 11.5 Å². The number of thiophene rings is 1. The topological polar surface area (TPSA) is 69.3 Å². The Balaban J connectivity index is 1.84. The number of H-pyrrole nitrogens is 1. The second-order valence-corrected chi connectivity index (χ2v) is 7.32. The number of carbonyl (C=O) groups is 1. The van der Waals surface area contributed by atoms with Crippen LogP contribution in [0.2, 0.25) is 4.34 Å². The Morgan fingerprint density at radius 2 is 2.09 bits per heavy atom. The van der Waals surface area contributed by atoms with Gasteiger partial charge >= 0.3 is 0 Å². The zero-order valence-corrected chi connectivity index (χ0v) is 14.5. The number of halogens is 1. The fraction of sp³-hybridized carbons (Fsp3) is 0.400. The van der Waals surface area contributed by atoms with Gasteiger partial charge in [0.05, 0.1) is 14.9 Å². The highest BCUT2D eigenvalue weighted by molar-refractivity contribution is 7.17. The molecule has 0 aromatic carbocycles. The van der Waals surface area contributed by atoms with Crippen LogP contribution in [0.1, 0.15) is 20.9 Å².